The van der Waals surface area contributed by atoms with Crippen LogP contribution in [0.1, 0.15) is 10.4 Å². The molecule has 0 aromatic heterocycles. The van der Waals surface area contributed by atoms with E-state index in [4.69, 9.17) is 0 Å². The minimum atomic E-state index is -0.381. The number of benzene rings is 1. The topological polar surface area (TPSA) is 26.3 Å². The van der Waals surface area contributed by atoms with Gasteiger partial charge in [-0.2, -0.15) is 0 Å². The van der Waals surface area contributed by atoms with E-state index >= 15 is 0 Å². The lowest BCUT2D eigenvalue weighted by Gasteiger charge is -2.00. The molecule has 0 aliphatic heterocycles. The van der Waals surface area contributed by atoms with E-state index in [0.717, 1.165) is 0 Å². The summed E-state index contributed by atoms with van der Waals surface area (Å²) in [7, 11) is 1.44. The molecule has 0 spiro atoms. The number of carbonyl (C=O) groups excluding carboxylic acids is 1. The summed E-state index contributed by atoms with van der Waals surface area (Å²) in [5, 5.41) is 0. The van der Waals surface area contributed by atoms with Gasteiger partial charge in [0, 0.05) is 12.7 Å². The van der Waals surface area contributed by atoms with Crippen LogP contribution in [0.15, 0.2) is 22.7 Å². The molecule has 0 amide bonds. The van der Waals surface area contributed by atoms with E-state index in [0.29, 0.717) is 5.56 Å². The second-order valence-corrected chi connectivity index (χ2v) is 3.34. The van der Waals surface area contributed by atoms with Crippen LogP contribution >= 0.6 is 15.9 Å². The van der Waals surface area contributed by atoms with Crippen LogP contribution in [0.3, 0.4) is 0 Å². The van der Waals surface area contributed by atoms with Gasteiger partial charge in [-0.25, -0.2) is 4.39 Å². The molecule has 1 aromatic carbocycles. The van der Waals surface area contributed by atoms with E-state index in [1.807, 2.05) is 0 Å². The fourth-order valence-electron chi connectivity index (χ4n) is 0.884. The van der Waals surface area contributed by atoms with Gasteiger partial charge in [-0.3, -0.25) is 4.79 Å². The smallest absolute Gasteiger partial charge is 0.188 e. The lowest BCUT2D eigenvalue weighted by atomic mass is 10.1. The summed E-state index contributed by atoms with van der Waals surface area (Å²) in [6.45, 7) is 0.0120. The molecule has 0 atom stereocenters. The van der Waals surface area contributed by atoms with Crippen LogP contribution in [-0.4, -0.2) is 19.5 Å². The molecule has 0 radical (unpaired) electrons. The second kappa shape index (κ2) is 4.48. The number of hydrogen-bond donors (Lipinski definition) is 0. The van der Waals surface area contributed by atoms with E-state index in [-0.39, 0.29) is 22.7 Å². The van der Waals surface area contributed by atoms with Crippen molar-refractivity contribution in [3.63, 3.8) is 0 Å². The van der Waals surface area contributed by atoms with Gasteiger partial charge in [0.1, 0.15) is 12.4 Å². The van der Waals surface area contributed by atoms with Gasteiger partial charge in [0.05, 0.1) is 4.47 Å². The molecule has 4 heteroatoms. The zero-order chi connectivity index (χ0) is 9.84. The largest absolute Gasteiger partial charge is 0.377 e. The molecule has 0 unspecified atom stereocenters. The van der Waals surface area contributed by atoms with Crippen LogP contribution in [0.5, 0.6) is 0 Å². The number of rotatable bonds is 3. The van der Waals surface area contributed by atoms with Crippen LogP contribution < -0.4 is 0 Å². The highest BCUT2D eigenvalue weighted by Gasteiger charge is 2.07. The van der Waals surface area contributed by atoms with Crippen molar-refractivity contribution in [2.45, 2.75) is 0 Å². The number of ether oxygens (including phenoxy) is 1. The quantitative estimate of drug-likeness (QED) is 0.766. The molecule has 0 saturated heterocycles. The summed E-state index contributed by atoms with van der Waals surface area (Å²) >= 11 is 3.00. The molecule has 0 aliphatic carbocycles. The molecule has 1 aromatic rings. The highest BCUT2D eigenvalue weighted by Crippen LogP contribution is 2.17. The molecular formula is C9H8BrFO2. The molecule has 0 saturated carbocycles. The average Bonchev–Trinajstić information content (AvgIpc) is 2.10. The van der Waals surface area contributed by atoms with Crippen molar-refractivity contribution >= 4 is 21.7 Å². The van der Waals surface area contributed by atoms with Crippen molar-refractivity contribution in [3.05, 3.63) is 34.1 Å². The lowest BCUT2D eigenvalue weighted by Crippen LogP contribution is -2.06. The first kappa shape index (κ1) is 10.3. The Balaban J connectivity index is 2.90. The molecule has 70 valence electrons. The summed E-state index contributed by atoms with van der Waals surface area (Å²) in [5.41, 5.74) is 0.440. The van der Waals surface area contributed by atoms with Crippen LogP contribution in [0.2, 0.25) is 0 Å². The molecule has 0 aliphatic rings. The second-order valence-electron chi connectivity index (χ2n) is 2.49. The SMILES string of the molecule is COCC(=O)c1ccc(F)c(Br)c1. The Kier molecular flexibility index (Phi) is 3.57. The van der Waals surface area contributed by atoms with Crippen molar-refractivity contribution in [3.8, 4) is 0 Å². The first-order valence-corrected chi connectivity index (χ1v) is 4.41. The zero-order valence-corrected chi connectivity index (χ0v) is 8.60. The van der Waals surface area contributed by atoms with Gasteiger partial charge in [-0.1, -0.05) is 0 Å². The minimum Gasteiger partial charge on any atom is -0.377 e. The molecule has 1 rings (SSSR count). The van der Waals surface area contributed by atoms with Crippen molar-refractivity contribution in [2.24, 2.45) is 0 Å². The summed E-state index contributed by atoms with van der Waals surface area (Å²) in [6, 6.07) is 4.12. The van der Waals surface area contributed by atoms with E-state index in [2.05, 4.69) is 20.7 Å². The lowest BCUT2D eigenvalue weighted by molar-refractivity contribution is 0.0848. The predicted molar refractivity (Wildman–Crippen MR) is 50.3 cm³/mol. The number of carbonyl (C=O) groups is 1. The Labute approximate surface area is 83.8 Å². The standard InChI is InChI=1S/C9H8BrFO2/c1-13-5-9(12)6-2-3-8(11)7(10)4-6/h2-4H,5H2,1H3. The van der Waals surface area contributed by atoms with Gasteiger partial charge >= 0.3 is 0 Å². The van der Waals surface area contributed by atoms with Crippen LogP contribution in [0.25, 0.3) is 0 Å². The van der Waals surface area contributed by atoms with E-state index in [1.54, 1.807) is 0 Å². The number of ketones is 1. The number of Topliss-reactive ketones (excluding diaryl/α,β-unsaturated/α-hetero) is 1. The molecular weight excluding hydrogens is 239 g/mol. The van der Waals surface area contributed by atoms with Crippen molar-refractivity contribution < 1.29 is 13.9 Å². The number of halogens is 2. The number of hydrogen-bond acceptors (Lipinski definition) is 2. The summed E-state index contributed by atoms with van der Waals surface area (Å²) in [5.74, 6) is -0.544. The van der Waals surface area contributed by atoms with Crippen molar-refractivity contribution in [1.82, 2.24) is 0 Å². The first-order valence-electron chi connectivity index (χ1n) is 3.62. The maximum absolute atomic E-state index is 12.8. The van der Waals surface area contributed by atoms with Gasteiger partial charge in [0.2, 0.25) is 0 Å². The third-order valence-electron chi connectivity index (χ3n) is 1.52. The summed E-state index contributed by atoms with van der Waals surface area (Å²) < 4.78 is 17.7. The van der Waals surface area contributed by atoms with Crippen LogP contribution in [0, 0.1) is 5.82 Å². The Hall–Kier alpha value is -0.740. The van der Waals surface area contributed by atoms with Gasteiger partial charge < -0.3 is 4.74 Å². The third kappa shape index (κ3) is 2.60. The first-order chi connectivity index (χ1) is 6.15. The zero-order valence-electron chi connectivity index (χ0n) is 7.01. The number of methoxy groups -OCH3 is 1. The Morgan fingerprint density at radius 2 is 2.31 bits per heavy atom. The molecule has 0 bridgehead atoms. The van der Waals surface area contributed by atoms with Crippen LogP contribution in [0.4, 0.5) is 4.39 Å². The van der Waals surface area contributed by atoms with Crippen molar-refractivity contribution in [1.29, 1.82) is 0 Å². The highest BCUT2D eigenvalue weighted by atomic mass is 79.9. The molecule has 0 fully saturated rings. The van der Waals surface area contributed by atoms with Gasteiger partial charge in [-0.05, 0) is 34.1 Å². The van der Waals surface area contributed by atoms with Gasteiger partial charge in [0.15, 0.2) is 5.78 Å². The maximum atomic E-state index is 12.8. The molecule has 2 nitrogen and oxygen atoms in total. The fraction of sp³-hybridized carbons (Fsp3) is 0.222. The van der Waals surface area contributed by atoms with Gasteiger partial charge in [0.25, 0.3) is 0 Å². The van der Waals surface area contributed by atoms with E-state index in [1.165, 1.54) is 25.3 Å². The van der Waals surface area contributed by atoms with Crippen LogP contribution in [-0.2, 0) is 4.74 Å². The monoisotopic (exact) mass is 246 g/mol. The Bertz CT molecular complexity index is 325. The third-order valence-corrected chi connectivity index (χ3v) is 2.12. The summed E-state index contributed by atoms with van der Waals surface area (Å²) in [4.78, 5) is 11.2. The molecule has 13 heavy (non-hydrogen) atoms. The Morgan fingerprint density at radius 1 is 1.62 bits per heavy atom. The molecule has 0 heterocycles. The summed E-state index contributed by atoms with van der Waals surface area (Å²) in [6.07, 6.45) is 0. The predicted octanol–water partition coefficient (Wildman–Crippen LogP) is 2.42. The van der Waals surface area contributed by atoms with E-state index < -0.39 is 0 Å². The average molecular weight is 247 g/mol. The molecule has 0 N–H and O–H groups in total. The van der Waals surface area contributed by atoms with Gasteiger partial charge in [-0.15, -0.1) is 0 Å². The highest BCUT2D eigenvalue weighted by molar-refractivity contribution is 9.10. The minimum absolute atomic E-state index is 0.0120. The normalized spacial score (nSPS) is 10.1. The Morgan fingerprint density at radius 3 is 2.85 bits per heavy atom. The van der Waals surface area contributed by atoms with Crippen molar-refractivity contribution in [2.75, 3.05) is 13.7 Å². The van der Waals surface area contributed by atoms with E-state index in [9.17, 15) is 9.18 Å². The fourth-order valence-corrected chi connectivity index (χ4v) is 1.26. The maximum Gasteiger partial charge on any atom is 0.188 e.